The molecule has 0 aromatic carbocycles. The molecule has 0 spiro atoms. The number of hydrogen-bond donors (Lipinski definition) is 1. The summed E-state index contributed by atoms with van der Waals surface area (Å²) in [5, 5.41) is 10.4. The Morgan fingerprint density at radius 3 is 3.00 bits per heavy atom. The molecule has 1 atom stereocenters. The maximum Gasteiger partial charge on any atom is 0.0621 e. The van der Waals surface area contributed by atoms with Crippen LogP contribution in [0.4, 0.5) is 0 Å². The molecule has 0 bridgehead atoms. The molecule has 1 saturated carbocycles. The normalized spacial score (nSPS) is 18.1. The van der Waals surface area contributed by atoms with Crippen LogP contribution in [-0.4, -0.2) is 16.2 Å². The molecule has 1 fully saturated rings. The fourth-order valence-electron chi connectivity index (χ4n) is 1.63. The largest absolute Gasteiger partial charge is 0.393 e. The van der Waals surface area contributed by atoms with Crippen molar-refractivity contribution in [3.8, 4) is 0 Å². The molecule has 0 aliphatic heterocycles. The number of rotatable bonds is 4. The van der Waals surface area contributed by atoms with Crippen molar-refractivity contribution in [1.29, 1.82) is 0 Å². The summed E-state index contributed by atoms with van der Waals surface area (Å²) in [5.41, 5.74) is 1.08. The number of hydrogen-bond acceptors (Lipinski definition) is 2. The van der Waals surface area contributed by atoms with E-state index in [4.69, 9.17) is 11.6 Å². The molecule has 1 unspecified atom stereocenters. The average Bonchev–Trinajstić information content (AvgIpc) is 2.99. The van der Waals surface area contributed by atoms with Crippen LogP contribution in [0.1, 0.15) is 24.8 Å². The molecule has 1 aliphatic carbocycles. The Balaban J connectivity index is 1.87. The summed E-state index contributed by atoms with van der Waals surface area (Å²) in [6.45, 7) is 0. The van der Waals surface area contributed by atoms with Crippen LogP contribution in [0.25, 0.3) is 0 Å². The second-order valence-electron chi connectivity index (χ2n) is 3.91. The van der Waals surface area contributed by atoms with Crippen molar-refractivity contribution in [1.82, 2.24) is 4.98 Å². The van der Waals surface area contributed by atoms with Crippen LogP contribution in [0.15, 0.2) is 18.5 Å². The molecule has 0 amide bonds. The fraction of sp³-hybridized carbons (Fsp3) is 0.545. The van der Waals surface area contributed by atoms with Crippen LogP contribution in [-0.2, 0) is 6.42 Å². The van der Waals surface area contributed by atoms with Gasteiger partial charge in [-0.2, -0.15) is 0 Å². The number of aromatic nitrogens is 1. The summed E-state index contributed by atoms with van der Waals surface area (Å²) in [4.78, 5) is 3.93. The summed E-state index contributed by atoms with van der Waals surface area (Å²) < 4.78 is 0. The molecule has 2 nitrogen and oxygen atoms in total. The Bertz CT molecular complexity index is 312. The van der Waals surface area contributed by atoms with Crippen molar-refractivity contribution in [3.05, 3.63) is 29.0 Å². The van der Waals surface area contributed by atoms with E-state index in [1.807, 2.05) is 6.07 Å². The maximum absolute atomic E-state index is 9.68. The predicted molar refractivity (Wildman–Crippen MR) is 56.3 cm³/mol. The average molecular weight is 212 g/mol. The number of pyridine rings is 1. The van der Waals surface area contributed by atoms with E-state index < -0.39 is 0 Å². The first kappa shape index (κ1) is 9.94. The number of aryl methyl sites for hydroxylation is 1. The predicted octanol–water partition coefficient (Wildman–Crippen LogP) is 2.44. The standard InChI is InChI=1S/C11H14ClNO/c12-10-7-13-6-5-8(10)3-4-11(14)9-1-2-9/h5-7,9,11,14H,1-4H2. The maximum atomic E-state index is 9.68. The minimum Gasteiger partial charge on any atom is -0.393 e. The van der Waals surface area contributed by atoms with Gasteiger partial charge in [0.2, 0.25) is 0 Å². The molecule has 1 N–H and O–H groups in total. The van der Waals surface area contributed by atoms with Gasteiger partial charge in [0.25, 0.3) is 0 Å². The summed E-state index contributed by atoms with van der Waals surface area (Å²) in [7, 11) is 0. The van der Waals surface area contributed by atoms with Gasteiger partial charge in [0.1, 0.15) is 0 Å². The Morgan fingerprint density at radius 2 is 2.36 bits per heavy atom. The second-order valence-corrected chi connectivity index (χ2v) is 4.32. The number of aliphatic hydroxyl groups is 1. The summed E-state index contributed by atoms with van der Waals surface area (Å²) in [6.07, 6.45) is 7.29. The van der Waals surface area contributed by atoms with Crippen LogP contribution < -0.4 is 0 Å². The van der Waals surface area contributed by atoms with Gasteiger partial charge >= 0.3 is 0 Å². The Kier molecular flexibility index (Phi) is 3.04. The Hall–Kier alpha value is -0.600. The minimum absolute atomic E-state index is 0.140. The van der Waals surface area contributed by atoms with Crippen molar-refractivity contribution >= 4 is 11.6 Å². The number of halogens is 1. The van der Waals surface area contributed by atoms with E-state index in [9.17, 15) is 5.11 Å². The third kappa shape index (κ3) is 2.46. The van der Waals surface area contributed by atoms with E-state index >= 15 is 0 Å². The van der Waals surface area contributed by atoms with Gasteiger partial charge in [-0.25, -0.2) is 0 Å². The zero-order valence-electron chi connectivity index (χ0n) is 7.99. The van der Waals surface area contributed by atoms with Gasteiger partial charge in [0.15, 0.2) is 0 Å². The Labute approximate surface area is 88.9 Å². The second kappa shape index (κ2) is 4.28. The number of nitrogens with zero attached hydrogens (tertiary/aromatic N) is 1. The van der Waals surface area contributed by atoms with E-state index in [1.165, 1.54) is 12.8 Å². The molecule has 1 heterocycles. The monoisotopic (exact) mass is 211 g/mol. The molecule has 1 aromatic rings. The molecule has 76 valence electrons. The van der Waals surface area contributed by atoms with Gasteiger partial charge in [-0.05, 0) is 43.2 Å². The van der Waals surface area contributed by atoms with Crippen LogP contribution in [0.5, 0.6) is 0 Å². The summed E-state index contributed by atoms with van der Waals surface area (Å²) >= 11 is 5.96. The van der Waals surface area contributed by atoms with Gasteiger partial charge in [0.05, 0.1) is 11.1 Å². The van der Waals surface area contributed by atoms with Crippen molar-refractivity contribution in [3.63, 3.8) is 0 Å². The van der Waals surface area contributed by atoms with Gasteiger partial charge in [-0.15, -0.1) is 0 Å². The lowest BCUT2D eigenvalue weighted by Crippen LogP contribution is -2.10. The highest BCUT2D eigenvalue weighted by Crippen LogP contribution is 2.34. The first-order chi connectivity index (χ1) is 6.77. The van der Waals surface area contributed by atoms with Crippen molar-refractivity contribution in [2.45, 2.75) is 31.8 Å². The van der Waals surface area contributed by atoms with Crippen LogP contribution >= 0.6 is 11.6 Å². The van der Waals surface area contributed by atoms with Gasteiger partial charge in [-0.1, -0.05) is 11.6 Å². The summed E-state index contributed by atoms with van der Waals surface area (Å²) in [6, 6.07) is 1.92. The summed E-state index contributed by atoms with van der Waals surface area (Å²) in [5.74, 6) is 0.551. The highest BCUT2D eigenvalue weighted by molar-refractivity contribution is 6.31. The van der Waals surface area contributed by atoms with E-state index in [-0.39, 0.29) is 6.10 Å². The molecule has 1 aromatic heterocycles. The lowest BCUT2D eigenvalue weighted by molar-refractivity contribution is 0.142. The van der Waals surface area contributed by atoms with E-state index in [2.05, 4.69) is 4.98 Å². The van der Waals surface area contributed by atoms with Crippen LogP contribution in [0, 0.1) is 5.92 Å². The van der Waals surface area contributed by atoms with Crippen molar-refractivity contribution in [2.75, 3.05) is 0 Å². The molecule has 1 aliphatic rings. The topological polar surface area (TPSA) is 33.1 Å². The first-order valence-electron chi connectivity index (χ1n) is 5.04. The molecule has 3 heteroatoms. The number of aliphatic hydroxyl groups excluding tert-OH is 1. The molecule has 0 radical (unpaired) electrons. The first-order valence-corrected chi connectivity index (χ1v) is 5.41. The van der Waals surface area contributed by atoms with Crippen molar-refractivity contribution < 1.29 is 5.11 Å². The highest BCUT2D eigenvalue weighted by atomic mass is 35.5. The van der Waals surface area contributed by atoms with E-state index in [1.54, 1.807) is 12.4 Å². The van der Waals surface area contributed by atoms with E-state index in [0.717, 1.165) is 18.4 Å². The molecule has 2 rings (SSSR count). The smallest absolute Gasteiger partial charge is 0.0621 e. The minimum atomic E-state index is -0.140. The van der Waals surface area contributed by atoms with Crippen LogP contribution in [0.2, 0.25) is 5.02 Å². The third-order valence-electron chi connectivity index (χ3n) is 2.73. The zero-order chi connectivity index (χ0) is 9.97. The lowest BCUT2D eigenvalue weighted by atomic mass is 10.1. The molecule has 0 saturated heterocycles. The SMILES string of the molecule is OC(CCc1ccncc1Cl)C1CC1. The molecular formula is C11H14ClNO. The fourth-order valence-corrected chi connectivity index (χ4v) is 1.84. The van der Waals surface area contributed by atoms with Gasteiger partial charge in [-0.3, -0.25) is 4.98 Å². The quantitative estimate of drug-likeness (QED) is 0.830. The Morgan fingerprint density at radius 1 is 1.57 bits per heavy atom. The van der Waals surface area contributed by atoms with Crippen molar-refractivity contribution in [2.24, 2.45) is 5.92 Å². The van der Waals surface area contributed by atoms with E-state index in [0.29, 0.717) is 10.9 Å². The van der Waals surface area contributed by atoms with Gasteiger partial charge < -0.3 is 5.11 Å². The van der Waals surface area contributed by atoms with Gasteiger partial charge in [0, 0.05) is 12.4 Å². The third-order valence-corrected chi connectivity index (χ3v) is 3.07. The van der Waals surface area contributed by atoms with Crippen LogP contribution in [0.3, 0.4) is 0 Å². The lowest BCUT2D eigenvalue weighted by Gasteiger charge is -2.09. The molecule has 14 heavy (non-hydrogen) atoms. The molecular weight excluding hydrogens is 198 g/mol. The zero-order valence-corrected chi connectivity index (χ0v) is 8.74. The highest BCUT2D eigenvalue weighted by Gasteiger charge is 2.29.